The highest BCUT2D eigenvalue weighted by Crippen LogP contribution is 2.62. The molecule has 4 atom stereocenters. The fourth-order valence-electron chi connectivity index (χ4n) is 3.33. The Hall–Kier alpha value is -1.71. The van der Waals surface area contributed by atoms with Crippen molar-refractivity contribution >= 4 is 11.8 Å². The number of carbonyl (C=O) groups is 2. The second kappa shape index (κ2) is 4.44. The van der Waals surface area contributed by atoms with Crippen LogP contribution in [0.4, 0.5) is 4.39 Å². The van der Waals surface area contributed by atoms with Crippen molar-refractivity contribution in [2.75, 3.05) is 6.61 Å². The molecule has 0 radical (unpaired) electrons. The lowest BCUT2D eigenvalue weighted by atomic mass is 9.91. The monoisotopic (exact) mass is 262 g/mol. The van der Waals surface area contributed by atoms with Crippen molar-refractivity contribution in [3.05, 3.63) is 35.6 Å². The van der Waals surface area contributed by atoms with Crippen molar-refractivity contribution in [1.29, 1.82) is 0 Å². The number of hydrogen-bond acceptors (Lipinski definition) is 3. The maximum atomic E-state index is 12.9. The summed E-state index contributed by atoms with van der Waals surface area (Å²) in [6, 6.07) is 6.20. The van der Waals surface area contributed by atoms with Crippen molar-refractivity contribution in [3.63, 3.8) is 0 Å². The Labute approximate surface area is 110 Å². The minimum absolute atomic E-state index is 0.0347. The van der Waals surface area contributed by atoms with Crippen molar-refractivity contribution in [2.24, 2.45) is 17.8 Å². The summed E-state index contributed by atoms with van der Waals surface area (Å²) in [6.07, 6.45) is 0.455. The van der Waals surface area contributed by atoms with Gasteiger partial charge in [-0.25, -0.2) is 4.39 Å². The van der Waals surface area contributed by atoms with Crippen LogP contribution in [-0.4, -0.2) is 18.4 Å². The van der Waals surface area contributed by atoms with Crippen LogP contribution in [0.2, 0.25) is 0 Å². The minimum Gasteiger partial charge on any atom is -0.466 e. The number of benzene rings is 1. The summed E-state index contributed by atoms with van der Waals surface area (Å²) in [6.45, 7) is 2.10. The maximum Gasteiger partial charge on any atom is 0.309 e. The number of halogens is 1. The Morgan fingerprint density at radius 1 is 1.37 bits per heavy atom. The van der Waals surface area contributed by atoms with Gasteiger partial charge in [-0.3, -0.25) is 9.59 Å². The smallest absolute Gasteiger partial charge is 0.309 e. The number of esters is 1. The molecule has 3 rings (SSSR count). The highest BCUT2D eigenvalue weighted by molar-refractivity contribution is 5.96. The van der Waals surface area contributed by atoms with Crippen LogP contribution in [0.5, 0.6) is 0 Å². The van der Waals surface area contributed by atoms with Gasteiger partial charge in [-0.1, -0.05) is 12.1 Å². The van der Waals surface area contributed by atoms with Crippen LogP contribution in [0.25, 0.3) is 0 Å². The van der Waals surface area contributed by atoms with Crippen LogP contribution in [0, 0.1) is 23.6 Å². The molecule has 1 aromatic rings. The van der Waals surface area contributed by atoms with E-state index >= 15 is 0 Å². The second-order valence-electron chi connectivity index (χ2n) is 5.21. The fraction of sp³-hybridized carbons (Fsp3) is 0.467. The van der Waals surface area contributed by atoms with E-state index in [4.69, 9.17) is 4.74 Å². The number of ketones is 1. The standard InChI is InChI=1S/C15H15FO3/c1-2-19-15(18)14-12-10(7-11(17)13(12)14)8-3-5-9(16)6-4-8/h3-6,10,12-14H,2,7H2,1H3. The summed E-state index contributed by atoms with van der Waals surface area (Å²) in [4.78, 5) is 23.7. The van der Waals surface area contributed by atoms with Crippen LogP contribution in [0.15, 0.2) is 24.3 Å². The minimum atomic E-state index is -0.289. The summed E-state index contributed by atoms with van der Waals surface area (Å²) in [5.74, 6) is -0.785. The lowest BCUT2D eigenvalue weighted by Gasteiger charge is -2.13. The molecule has 0 saturated heterocycles. The van der Waals surface area contributed by atoms with Crippen molar-refractivity contribution in [2.45, 2.75) is 19.3 Å². The van der Waals surface area contributed by atoms with Crippen molar-refractivity contribution < 1.29 is 18.7 Å². The van der Waals surface area contributed by atoms with E-state index in [0.29, 0.717) is 13.0 Å². The quantitative estimate of drug-likeness (QED) is 0.785. The first-order valence-electron chi connectivity index (χ1n) is 6.58. The third kappa shape index (κ3) is 1.95. The van der Waals surface area contributed by atoms with Gasteiger partial charge in [0.2, 0.25) is 0 Å². The topological polar surface area (TPSA) is 43.4 Å². The maximum absolute atomic E-state index is 12.9. The lowest BCUT2D eigenvalue weighted by Crippen LogP contribution is -2.16. The lowest BCUT2D eigenvalue weighted by molar-refractivity contribution is -0.146. The zero-order valence-electron chi connectivity index (χ0n) is 10.6. The molecule has 19 heavy (non-hydrogen) atoms. The van der Waals surface area contributed by atoms with Gasteiger partial charge in [-0.15, -0.1) is 0 Å². The van der Waals surface area contributed by atoms with E-state index in [1.54, 1.807) is 19.1 Å². The summed E-state index contributed by atoms with van der Waals surface area (Å²) < 4.78 is 17.9. The summed E-state index contributed by atoms with van der Waals surface area (Å²) >= 11 is 0. The Kier molecular flexibility index (Phi) is 2.88. The highest BCUT2D eigenvalue weighted by atomic mass is 19.1. The first kappa shape index (κ1) is 12.3. The molecule has 2 saturated carbocycles. The van der Waals surface area contributed by atoms with Crippen molar-refractivity contribution in [1.82, 2.24) is 0 Å². The van der Waals surface area contributed by atoms with Crippen LogP contribution < -0.4 is 0 Å². The molecule has 0 aliphatic heterocycles. The average molecular weight is 262 g/mol. The summed E-state index contributed by atoms with van der Waals surface area (Å²) in [7, 11) is 0. The van der Waals surface area contributed by atoms with Gasteiger partial charge in [0.25, 0.3) is 0 Å². The number of ether oxygens (including phenoxy) is 1. The SMILES string of the molecule is CCOC(=O)C1C2C(=O)CC(c3ccc(F)cc3)C21. The summed E-state index contributed by atoms with van der Waals surface area (Å²) in [5.41, 5.74) is 0.939. The van der Waals surface area contributed by atoms with Gasteiger partial charge < -0.3 is 4.74 Å². The van der Waals surface area contributed by atoms with Gasteiger partial charge in [-0.05, 0) is 36.5 Å². The molecule has 100 valence electrons. The molecule has 2 aliphatic carbocycles. The summed E-state index contributed by atoms with van der Waals surface area (Å²) in [5, 5.41) is 0. The second-order valence-corrected chi connectivity index (χ2v) is 5.21. The van der Waals surface area contributed by atoms with Crippen LogP contribution >= 0.6 is 0 Å². The van der Waals surface area contributed by atoms with E-state index in [0.717, 1.165) is 5.56 Å². The molecule has 1 aromatic carbocycles. The number of rotatable bonds is 3. The number of hydrogen-bond donors (Lipinski definition) is 0. The molecule has 3 nitrogen and oxygen atoms in total. The van der Waals surface area contributed by atoms with E-state index in [1.807, 2.05) is 0 Å². The first-order chi connectivity index (χ1) is 9.13. The molecule has 4 unspecified atom stereocenters. The predicted molar refractivity (Wildman–Crippen MR) is 65.9 cm³/mol. The molecule has 4 heteroatoms. The molecule has 0 bridgehead atoms. The first-order valence-corrected chi connectivity index (χ1v) is 6.58. The van der Waals surface area contributed by atoms with Gasteiger partial charge in [-0.2, -0.15) is 0 Å². The number of Topliss-reactive ketones (excluding diaryl/α,β-unsaturated/α-hetero) is 1. The fourth-order valence-corrected chi connectivity index (χ4v) is 3.33. The zero-order valence-corrected chi connectivity index (χ0v) is 10.6. The molecule has 0 spiro atoms. The largest absolute Gasteiger partial charge is 0.466 e. The van der Waals surface area contributed by atoms with Crippen molar-refractivity contribution in [3.8, 4) is 0 Å². The number of fused-ring (bicyclic) bond motifs is 1. The molecular formula is C15H15FO3. The van der Waals surface area contributed by atoms with Crippen LogP contribution in [0.1, 0.15) is 24.8 Å². The van der Waals surface area contributed by atoms with Gasteiger partial charge >= 0.3 is 5.97 Å². The predicted octanol–water partition coefficient (Wildman–Crippen LogP) is 2.31. The van der Waals surface area contributed by atoms with Gasteiger partial charge in [0.1, 0.15) is 11.6 Å². The van der Waals surface area contributed by atoms with E-state index in [1.165, 1.54) is 12.1 Å². The third-order valence-corrected chi connectivity index (χ3v) is 4.19. The zero-order chi connectivity index (χ0) is 13.6. The van der Waals surface area contributed by atoms with E-state index in [9.17, 15) is 14.0 Å². The average Bonchev–Trinajstić information content (AvgIpc) is 3.04. The molecule has 2 fully saturated rings. The number of carbonyl (C=O) groups excluding carboxylic acids is 2. The molecular weight excluding hydrogens is 247 g/mol. The van der Waals surface area contributed by atoms with E-state index in [-0.39, 0.29) is 41.2 Å². The Bertz CT molecular complexity index is 523. The Balaban J connectivity index is 1.80. The third-order valence-electron chi connectivity index (χ3n) is 4.19. The molecule has 2 aliphatic rings. The molecule has 0 amide bonds. The van der Waals surface area contributed by atoms with Crippen LogP contribution in [0.3, 0.4) is 0 Å². The van der Waals surface area contributed by atoms with Crippen LogP contribution in [-0.2, 0) is 14.3 Å². The van der Waals surface area contributed by atoms with Gasteiger partial charge in [0, 0.05) is 12.3 Å². The molecule has 0 aromatic heterocycles. The van der Waals surface area contributed by atoms with Gasteiger partial charge in [0.15, 0.2) is 0 Å². The normalized spacial score (nSPS) is 32.0. The molecule has 0 N–H and O–H groups in total. The highest BCUT2D eigenvalue weighted by Gasteiger charge is 2.66. The molecule has 0 heterocycles. The Morgan fingerprint density at radius 2 is 2.05 bits per heavy atom. The van der Waals surface area contributed by atoms with E-state index in [2.05, 4.69) is 0 Å². The van der Waals surface area contributed by atoms with E-state index < -0.39 is 0 Å². The Morgan fingerprint density at radius 3 is 2.68 bits per heavy atom. The van der Waals surface area contributed by atoms with Gasteiger partial charge in [0.05, 0.1) is 12.5 Å².